The third kappa shape index (κ3) is 6.93. The van der Waals surface area contributed by atoms with E-state index in [0.29, 0.717) is 19.6 Å². The molecule has 5 heteroatoms. The topological polar surface area (TPSA) is 75.6 Å². The predicted octanol–water partition coefficient (Wildman–Crippen LogP) is 2.59. The summed E-state index contributed by atoms with van der Waals surface area (Å²) in [5, 5.41) is 11.8. The molecule has 2 unspecified atom stereocenters. The molecule has 2 atom stereocenters. The predicted molar refractivity (Wildman–Crippen MR) is 81.0 cm³/mol. The third-order valence-electron chi connectivity index (χ3n) is 4.20. The number of hydrogen-bond donors (Lipinski definition) is 2. The number of aliphatic carboxylic acids is 1. The molecule has 5 nitrogen and oxygen atoms in total. The largest absolute Gasteiger partial charge is 0.481 e. The standard InChI is InChI=1S/C16H29NO4/c1-16(2,3)12(7-8-14(18)19)9-10-17-15(20)13-6-4-5-11-21-13/h12-13H,4-11H2,1-3H3,(H,17,20)(H,18,19). The molecule has 1 aliphatic rings. The van der Waals surface area contributed by atoms with Gasteiger partial charge in [-0.2, -0.15) is 0 Å². The summed E-state index contributed by atoms with van der Waals surface area (Å²) in [4.78, 5) is 22.7. The van der Waals surface area contributed by atoms with Crippen LogP contribution in [0.15, 0.2) is 0 Å². The SMILES string of the molecule is CC(C)(C)C(CCNC(=O)C1CCCCO1)CCC(=O)O. The van der Waals surface area contributed by atoms with Gasteiger partial charge in [0.15, 0.2) is 0 Å². The minimum absolute atomic E-state index is 0.0272. The van der Waals surface area contributed by atoms with E-state index in [4.69, 9.17) is 9.84 Å². The van der Waals surface area contributed by atoms with Crippen LogP contribution in [0, 0.1) is 11.3 Å². The molecular weight excluding hydrogens is 270 g/mol. The molecule has 0 aliphatic carbocycles. The minimum Gasteiger partial charge on any atom is -0.481 e. The number of rotatable bonds is 7. The molecule has 1 aliphatic heterocycles. The van der Waals surface area contributed by atoms with Crippen LogP contribution in [0.5, 0.6) is 0 Å². The number of amides is 1. The van der Waals surface area contributed by atoms with Crippen molar-refractivity contribution in [2.75, 3.05) is 13.2 Å². The molecule has 1 rings (SSSR count). The normalized spacial score (nSPS) is 20.8. The third-order valence-corrected chi connectivity index (χ3v) is 4.20. The van der Waals surface area contributed by atoms with Crippen LogP contribution in [0.4, 0.5) is 0 Å². The molecule has 1 fully saturated rings. The first-order valence-electron chi connectivity index (χ1n) is 7.92. The first-order valence-corrected chi connectivity index (χ1v) is 7.92. The van der Waals surface area contributed by atoms with Gasteiger partial charge in [-0.05, 0) is 43.4 Å². The van der Waals surface area contributed by atoms with Crippen molar-refractivity contribution in [1.82, 2.24) is 5.32 Å². The fourth-order valence-corrected chi connectivity index (χ4v) is 2.74. The van der Waals surface area contributed by atoms with E-state index >= 15 is 0 Å². The molecule has 0 aromatic carbocycles. The lowest BCUT2D eigenvalue weighted by Crippen LogP contribution is -2.39. The number of carbonyl (C=O) groups excluding carboxylic acids is 1. The minimum atomic E-state index is -0.760. The van der Waals surface area contributed by atoms with Crippen molar-refractivity contribution in [3.63, 3.8) is 0 Å². The van der Waals surface area contributed by atoms with Crippen LogP contribution in [0.25, 0.3) is 0 Å². The molecule has 0 aromatic heterocycles. The second kappa shape index (κ2) is 8.37. The molecule has 1 heterocycles. The maximum atomic E-state index is 12.0. The number of carbonyl (C=O) groups is 2. The second-order valence-electron chi connectivity index (χ2n) is 6.93. The maximum Gasteiger partial charge on any atom is 0.303 e. The second-order valence-corrected chi connectivity index (χ2v) is 6.93. The molecule has 1 amide bonds. The van der Waals surface area contributed by atoms with Gasteiger partial charge in [0, 0.05) is 19.6 Å². The summed E-state index contributed by atoms with van der Waals surface area (Å²) in [5.74, 6) is -0.509. The Morgan fingerprint density at radius 2 is 2.00 bits per heavy atom. The Kier molecular flexibility index (Phi) is 7.15. The molecule has 0 radical (unpaired) electrons. The van der Waals surface area contributed by atoms with E-state index in [1.165, 1.54) is 0 Å². The first-order chi connectivity index (χ1) is 9.80. The van der Waals surface area contributed by atoms with E-state index in [0.717, 1.165) is 25.7 Å². The lowest BCUT2D eigenvalue weighted by molar-refractivity contribution is -0.138. The first kappa shape index (κ1) is 18.0. The molecule has 1 saturated heterocycles. The van der Waals surface area contributed by atoms with E-state index in [-0.39, 0.29) is 29.8 Å². The van der Waals surface area contributed by atoms with Gasteiger partial charge in [-0.3, -0.25) is 9.59 Å². The number of ether oxygens (including phenoxy) is 1. The monoisotopic (exact) mass is 299 g/mol. The molecule has 0 saturated carbocycles. The fraction of sp³-hybridized carbons (Fsp3) is 0.875. The Morgan fingerprint density at radius 3 is 2.52 bits per heavy atom. The number of nitrogens with one attached hydrogen (secondary N) is 1. The van der Waals surface area contributed by atoms with Crippen molar-refractivity contribution in [3.05, 3.63) is 0 Å². The zero-order chi connectivity index (χ0) is 15.9. The van der Waals surface area contributed by atoms with Crippen LogP contribution in [0.2, 0.25) is 0 Å². The zero-order valence-corrected chi connectivity index (χ0v) is 13.5. The Morgan fingerprint density at radius 1 is 1.29 bits per heavy atom. The summed E-state index contributed by atoms with van der Waals surface area (Å²) < 4.78 is 5.45. The van der Waals surface area contributed by atoms with Crippen LogP contribution < -0.4 is 5.32 Å². The molecule has 122 valence electrons. The summed E-state index contributed by atoms with van der Waals surface area (Å²) in [6, 6.07) is 0. The van der Waals surface area contributed by atoms with E-state index in [1.54, 1.807) is 0 Å². The Bertz CT molecular complexity index is 343. The van der Waals surface area contributed by atoms with Gasteiger partial charge in [0.05, 0.1) is 0 Å². The van der Waals surface area contributed by atoms with Gasteiger partial charge in [-0.1, -0.05) is 20.8 Å². The van der Waals surface area contributed by atoms with Gasteiger partial charge >= 0.3 is 5.97 Å². The Labute approximate surface area is 127 Å². The molecule has 2 N–H and O–H groups in total. The van der Waals surface area contributed by atoms with Crippen LogP contribution in [0.1, 0.15) is 59.3 Å². The number of carboxylic acids is 1. The van der Waals surface area contributed by atoms with Gasteiger partial charge in [0.2, 0.25) is 5.91 Å². The molecule has 21 heavy (non-hydrogen) atoms. The summed E-state index contributed by atoms with van der Waals surface area (Å²) in [5.41, 5.74) is 0.0432. The van der Waals surface area contributed by atoms with E-state index in [9.17, 15) is 9.59 Å². The Hall–Kier alpha value is -1.10. The van der Waals surface area contributed by atoms with Gasteiger partial charge in [0.1, 0.15) is 6.10 Å². The maximum absolute atomic E-state index is 12.0. The number of hydrogen-bond acceptors (Lipinski definition) is 3. The smallest absolute Gasteiger partial charge is 0.303 e. The molecular formula is C16H29NO4. The highest BCUT2D eigenvalue weighted by Gasteiger charge is 2.26. The summed E-state index contributed by atoms with van der Waals surface area (Å²) in [7, 11) is 0. The Balaban J connectivity index is 2.34. The highest BCUT2D eigenvalue weighted by atomic mass is 16.5. The van der Waals surface area contributed by atoms with Crippen LogP contribution in [-0.4, -0.2) is 36.2 Å². The van der Waals surface area contributed by atoms with E-state index in [2.05, 4.69) is 26.1 Å². The number of carboxylic acid groups (broad SMARTS) is 1. The quantitative estimate of drug-likeness (QED) is 0.757. The lowest BCUT2D eigenvalue weighted by Gasteiger charge is -2.31. The van der Waals surface area contributed by atoms with Gasteiger partial charge < -0.3 is 15.2 Å². The van der Waals surface area contributed by atoms with E-state index in [1.807, 2.05) is 0 Å². The molecule has 0 aromatic rings. The van der Waals surface area contributed by atoms with Gasteiger partial charge in [0.25, 0.3) is 0 Å². The highest BCUT2D eigenvalue weighted by Crippen LogP contribution is 2.32. The average molecular weight is 299 g/mol. The van der Waals surface area contributed by atoms with E-state index < -0.39 is 5.97 Å². The lowest BCUT2D eigenvalue weighted by atomic mass is 9.76. The average Bonchev–Trinajstić information content (AvgIpc) is 2.41. The van der Waals surface area contributed by atoms with Crippen molar-refractivity contribution in [3.8, 4) is 0 Å². The van der Waals surface area contributed by atoms with Crippen molar-refractivity contribution >= 4 is 11.9 Å². The van der Waals surface area contributed by atoms with Gasteiger partial charge in [-0.25, -0.2) is 0 Å². The zero-order valence-electron chi connectivity index (χ0n) is 13.5. The van der Waals surface area contributed by atoms with Crippen molar-refractivity contribution in [2.45, 2.75) is 65.4 Å². The van der Waals surface area contributed by atoms with Crippen molar-refractivity contribution in [1.29, 1.82) is 0 Å². The van der Waals surface area contributed by atoms with Gasteiger partial charge in [-0.15, -0.1) is 0 Å². The van der Waals surface area contributed by atoms with Crippen molar-refractivity contribution in [2.24, 2.45) is 11.3 Å². The molecule has 0 spiro atoms. The molecule has 0 bridgehead atoms. The van der Waals surface area contributed by atoms with Crippen LogP contribution in [0.3, 0.4) is 0 Å². The summed E-state index contributed by atoms with van der Waals surface area (Å²) >= 11 is 0. The summed E-state index contributed by atoms with van der Waals surface area (Å²) in [6.45, 7) is 7.60. The van der Waals surface area contributed by atoms with Crippen LogP contribution in [-0.2, 0) is 14.3 Å². The van der Waals surface area contributed by atoms with Crippen LogP contribution >= 0.6 is 0 Å². The highest BCUT2D eigenvalue weighted by molar-refractivity contribution is 5.80. The summed E-state index contributed by atoms with van der Waals surface area (Å²) in [6.07, 6.45) is 4.21. The van der Waals surface area contributed by atoms with Crippen molar-refractivity contribution < 1.29 is 19.4 Å². The fourth-order valence-electron chi connectivity index (χ4n) is 2.74.